The van der Waals surface area contributed by atoms with Crippen LogP contribution in [0.4, 0.5) is 5.13 Å². The molecule has 0 unspecified atom stereocenters. The van der Waals surface area contributed by atoms with Gasteiger partial charge >= 0.3 is 0 Å². The molecule has 0 aliphatic heterocycles. The molecule has 3 rings (SSSR count). The van der Waals surface area contributed by atoms with E-state index in [1.807, 2.05) is 0 Å². The number of nitrogens with one attached hydrogen (secondary N) is 1. The summed E-state index contributed by atoms with van der Waals surface area (Å²) in [7, 11) is 0. The highest BCUT2D eigenvalue weighted by molar-refractivity contribution is 7.22. The van der Waals surface area contributed by atoms with Gasteiger partial charge in [-0.1, -0.05) is 23.8 Å². The first-order valence-corrected chi connectivity index (χ1v) is 7.14. The Balaban J connectivity index is 1.89. The fraction of sp³-hybridized carbons (Fsp3) is 0.429. The van der Waals surface area contributed by atoms with Gasteiger partial charge in [0.25, 0.3) is 0 Å². The Morgan fingerprint density at radius 2 is 2.17 bits per heavy atom. The number of aryl methyl sites for hydroxylation is 2. The van der Waals surface area contributed by atoms with Crippen LogP contribution in [0.1, 0.15) is 30.4 Å². The second kappa shape index (κ2) is 4.35. The van der Waals surface area contributed by atoms with Crippen LogP contribution in [0.5, 0.6) is 0 Å². The lowest BCUT2D eigenvalue weighted by molar-refractivity contribution is -0.122. The quantitative estimate of drug-likeness (QED) is 0.895. The minimum absolute atomic E-state index is 0.134. The lowest BCUT2D eigenvalue weighted by Crippen LogP contribution is -2.27. The highest BCUT2D eigenvalue weighted by Gasteiger charge is 2.25. The number of carbonyl (C=O) groups is 1. The molecular formula is C14H16N2OS. The second-order valence-corrected chi connectivity index (χ2v) is 6.02. The number of hydrogen-bond acceptors (Lipinski definition) is 3. The summed E-state index contributed by atoms with van der Waals surface area (Å²) in [5, 5.41) is 3.68. The molecule has 3 nitrogen and oxygen atoms in total. The summed E-state index contributed by atoms with van der Waals surface area (Å²) < 4.78 is 1.14. The molecule has 1 N–H and O–H groups in total. The maximum Gasteiger partial charge on any atom is 0.229 e. The predicted molar refractivity (Wildman–Crippen MR) is 75.1 cm³/mol. The molecule has 0 atom stereocenters. The molecule has 4 heteroatoms. The Morgan fingerprint density at radius 1 is 1.39 bits per heavy atom. The average molecular weight is 260 g/mol. The van der Waals surface area contributed by atoms with Crippen molar-refractivity contribution in [2.75, 3.05) is 5.32 Å². The number of thiazole rings is 1. The maximum absolute atomic E-state index is 11.9. The van der Waals surface area contributed by atoms with Crippen LogP contribution < -0.4 is 5.32 Å². The van der Waals surface area contributed by atoms with E-state index in [9.17, 15) is 4.79 Å². The van der Waals surface area contributed by atoms with Crippen molar-refractivity contribution in [2.45, 2.75) is 33.1 Å². The van der Waals surface area contributed by atoms with Crippen molar-refractivity contribution in [1.29, 1.82) is 0 Å². The standard InChI is InChI=1S/C14H16N2OS/c1-8-6-7-11-12(9(8)2)15-14(18-11)16-13(17)10-4-3-5-10/h6-7,10H,3-5H2,1-2H3,(H,15,16,17). The van der Waals surface area contributed by atoms with E-state index >= 15 is 0 Å². The van der Waals surface area contributed by atoms with Gasteiger partial charge in [0.1, 0.15) is 0 Å². The summed E-state index contributed by atoms with van der Waals surface area (Å²) >= 11 is 1.56. The van der Waals surface area contributed by atoms with Crippen molar-refractivity contribution in [2.24, 2.45) is 5.92 Å². The average Bonchev–Trinajstić information content (AvgIpc) is 2.64. The summed E-state index contributed by atoms with van der Waals surface area (Å²) in [6.45, 7) is 4.16. The van der Waals surface area contributed by atoms with Gasteiger partial charge in [-0.25, -0.2) is 4.98 Å². The second-order valence-electron chi connectivity index (χ2n) is 4.99. The number of aromatic nitrogens is 1. The summed E-state index contributed by atoms with van der Waals surface area (Å²) in [6, 6.07) is 4.18. The molecule has 0 spiro atoms. The van der Waals surface area contributed by atoms with Crippen LogP contribution in [-0.2, 0) is 4.79 Å². The third kappa shape index (κ3) is 1.90. The van der Waals surface area contributed by atoms with Crippen molar-refractivity contribution in [3.05, 3.63) is 23.3 Å². The topological polar surface area (TPSA) is 42.0 Å². The zero-order valence-corrected chi connectivity index (χ0v) is 11.4. The Morgan fingerprint density at radius 3 is 2.83 bits per heavy atom. The van der Waals surface area contributed by atoms with Crippen LogP contribution in [0, 0.1) is 19.8 Å². The van der Waals surface area contributed by atoms with Crippen LogP contribution in [0.15, 0.2) is 12.1 Å². The molecule has 1 saturated carbocycles. The Hall–Kier alpha value is -1.42. The summed E-state index contributed by atoms with van der Waals surface area (Å²) in [5.74, 6) is 0.342. The predicted octanol–water partition coefficient (Wildman–Crippen LogP) is 3.65. The molecule has 1 aromatic carbocycles. The first-order chi connectivity index (χ1) is 8.65. The van der Waals surface area contributed by atoms with E-state index in [0.717, 1.165) is 28.2 Å². The van der Waals surface area contributed by atoms with E-state index in [-0.39, 0.29) is 11.8 Å². The van der Waals surface area contributed by atoms with Gasteiger partial charge < -0.3 is 5.32 Å². The monoisotopic (exact) mass is 260 g/mol. The molecule has 1 fully saturated rings. The summed E-state index contributed by atoms with van der Waals surface area (Å²) in [5.41, 5.74) is 3.46. The Labute approximate surface area is 110 Å². The van der Waals surface area contributed by atoms with Crippen molar-refractivity contribution >= 4 is 32.6 Å². The number of nitrogens with zero attached hydrogens (tertiary/aromatic N) is 1. The molecule has 1 heterocycles. The number of carbonyl (C=O) groups excluding carboxylic acids is 1. The number of rotatable bonds is 2. The van der Waals surface area contributed by atoms with Gasteiger partial charge in [-0.3, -0.25) is 4.79 Å². The van der Waals surface area contributed by atoms with Crippen molar-refractivity contribution < 1.29 is 4.79 Å². The summed E-state index contributed by atoms with van der Waals surface area (Å²) in [4.78, 5) is 16.4. The van der Waals surface area contributed by atoms with E-state index in [2.05, 4.69) is 36.3 Å². The lowest BCUT2D eigenvalue weighted by atomic mass is 9.85. The maximum atomic E-state index is 11.9. The van der Waals surface area contributed by atoms with Crippen molar-refractivity contribution in [3.63, 3.8) is 0 Å². The molecule has 1 aliphatic carbocycles. The number of anilines is 1. The van der Waals surface area contributed by atoms with Crippen molar-refractivity contribution in [3.8, 4) is 0 Å². The third-order valence-electron chi connectivity index (χ3n) is 3.79. The number of fused-ring (bicyclic) bond motifs is 1. The van der Waals surface area contributed by atoms with E-state index in [1.54, 1.807) is 11.3 Å². The molecule has 0 saturated heterocycles. The normalized spacial score (nSPS) is 15.7. The number of amides is 1. The molecule has 1 aliphatic rings. The fourth-order valence-electron chi connectivity index (χ4n) is 2.16. The van der Waals surface area contributed by atoms with Crippen LogP contribution in [0.25, 0.3) is 10.2 Å². The van der Waals surface area contributed by atoms with Gasteiger partial charge in [0.05, 0.1) is 10.2 Å². The van der Waals surface area contributed by atoms with Gasteiger partial charge in [0.15, 0.2) is 5.13 Å². The Bertz CT molecular complexity index is 614. The summed E-state index contributed by atoms with van der Waals surface area (Å²) in [6.07, 6.45) is 3.22. The molecule has 0 radical (unpaired) electrons. The highest BCUT2D eigenvalue weighted by Crippen LogP contribution is 2.32. The zero-order valence-electron chi connectivity index (χ0n) is 10.6. The smallest absolute Gasteiger partial charge is 0.229 e. The fourth-order valence-corrected chi connectivity index (χ4v) is 3.09. The van der Waals surface area contributed by atoms with Crippen LogP contribution in [-0.4, -0.2) is 10.9 Å². The molecule has 1 aromatic heterocycles. The van der Waals surface area contributed by atoms with E-state index in [1.165, 1.54) is 17.5 Å². The van der Waals surface area contributed by atoms with E-state index in [4.69, 9.17) is 0 Å². The number of hydrogen-bond donors (Lipinski definition) is 1. The minimum Gasteiger partial charge on any atom is -0.302 e. The minimum atomic E-state index is 0.134. The molecule has 1 amide bonds. The SMILES string of the molecule is Cc1ccc2sc(NC(=O)C3CCC3)nc2c1C. The van der Waals surface area contributed by atoms with Crippen LogP contribution in [0.2, 0.25) is 0 Å². The molecular weight excluding hydrogens is 244 g/mol. The van der Waals surface area contributed by atoms with Crippen molar-refractivity contribution in [1.82, 2.24) is 4.98 Å². The number of benzene rings is 1. The molecule has 0 bridgehead atoms. The van der Waals surface area contributed by atoms with Gasteiger partial charge in [-0.15, -0.1) is 0 Å². The van der Waals surface area contributed by atoms with Crippen LogP contribution >= 0.6 is 11.3 Å². The third-order valence-corrected chi connectivity index (χ3v) is 4.73. The Kier molecular flexibility index (Phi) is 2.82. The first kappa shape index (κ1) is 11.7. The van der Waals surface area contributed by atoms with Crippen LogP contribution in [0.3, 0.4) is 0 Å². The molecule has 18 heavy (non-hydrogen) atoms. The van der Waals surface area contributed by atoms with Gasteiger partial charge in [0, 0.05) is 5.92 Å². The zero-order chi connectivity index (χ0) is 12.7. The van der Waals surface area contributed by atoms with Gasteiger partial charge in [-0.05, 0) is 43.9 Å². The largest absolute Gasteiger partial charge is 0.302 e. The lowest BCUT2D eigenvalue weighted by Gasteiger charge is -2.23. The van der Waals surface area contributed by atoms with Gasteiger partial charge in [0.2, 0.25) is 5.91 Å². The van der Waals surface area contributed by atoms with E-state index in [0.29, 0.717) is 0 Å². The molecule has 94 valence electrons. The highest BCUT2D eigenvalue weighted by atomic mass is 32.1. The van der Waals surface area contributed by atoms with Gasteiger partial charge in [-0.2, -0.15) is 0 Å². The van der Waals surface area contributed by atoms with E-state index < -0.39 is 0 Å². The first-order valence-electron chi connectivity index (χ1n) is 6.33. The molecule has 2 aromatic rings.